The maximum Gasteiger partial charge on any atom is 0.255 e. The minimum absolute atomic E-state index is 0.0402. The molecule has 1 amide bonds. The van der Waals surface area contributed by atoms with Crippen molar-refractivity contribution in [3.05, 3.63) is 71.8 Å². The topological polar surface area (TPSA) is 41.6 Å². The highest BCUT2D eigenvalue weighted by atomic mass is 32.2. The van der Waals surface area contributed by atoms with Crippen LogP contribution < -0.4 is 10.1 Å². The molecular formula is C27H32N2O2S. The molecule has 4 nitrogen and oxygen atoms in total. The van der Waals surface area contributed by atoms with Crippen molar-refractivity contribution in [2.75, 3.05) is 32.5 Å². The van der Waals surface area contributed by atoms with Crippen molar-refractivity contribution in [2.45, 2.75) is 31.2 Å². The zero-order chi connectivity index (χ0) is 22.3. The van der Waals surface area contributed by atoms with Crippen LogP contribution in [-0.4, -0.2) is 43.3 Å². The van der Waals surface area contributed by atoms with E-state index < -0.39 is 0 Å². The number of rotatable bonds is 8. The van der Waals surface area contributed by atoms with Crippen molar-refractivity contribution >= 4 is 28.4 Å². The zero-order valence-corrected chi connectivity index (χ0v) is 19.8. The predicted octanol–water partition coefficient (Wildman–Crippen LogP) is 5.60. The summed E-state index contributed by atoms with van der Waals surface area (Å²) in [4.78, 5) is 17.1. The van der Waals surface area contributed by atoms with Gasteiger partial charge in [-0.15, -0.1) is 11.8 Å². The third kappa shape index (κ3) is 5.28. The molecule has 1 heterocycles. The van der Waals surface area contributed by atoms with Crippen LogP contribution in [0, 0.1) is 5.92 Å². The lowest BCUT2D eigenvalue weighted by molar-refractivity contribution is 0.0933. The van der Waals surface area contributed by atoms with Gasteiger partial charge in [0.25, 0.3) is 5.91 Å². The van der Waals surface area contributed by atoms with Gasteiger partial charge in [-0.05, 0) is 73.5 Å². The smallest absolute Gasteiger partial charge is 0.255 e. The molecule has 0 radical (unpaired) electrons. The molecule has 1 fully saturated rings. The molecule has 0 atom stereocenters. The second-order valence-corrected chi connectivity index (χ2v) is 9.18. The fraction of sp³-hybridized carbons (Fsp3) is 0.370. The van der Waals surface area contributed by atoms with Crippen molar-refractivity contribution in [1.82, 2.24) is 10.2 Å². The number of nitrogens with zero attached hydrogens (tertiary/aromatic N) is 1. The Labute approximate surface area is 195 Å². The maximum absolute atomic E-state index is 13.2. The largest absolute Gasteiger partial charge is 0.493 e. The van der Waals surface area contributed by atoms with E-state index in [-0.39, 0.29) is 5.91 Å². The van der Waals surface area contributed by atoms with Crippen LogP contribution in [0.25, 0.3) is 10.8 Å². The third-order valence-electron chi connectivity index (χ3n) is 6.26. The van der Waals surface area contributed by atoms with Gasteiger partial charge in [0, 0.05) is 18.0 Å². The number of carbonyl (C=O) groups is 1. The van der Waals surface area contributed by atoms with Crippen molar-refractivity contribution in [2.24, 2.45) is 5.92 Å². The number of fused-ring (bicyclic) bond motifs is 1. The second-order valence-electron chi connectivity index (χ2n) is 8.33. The highest BCUT2D eigenvalue weighted by molar-refractivity contribution is 7.98. The van der Waals surface area contributed by atoms with Gasteiger partial charge in [-0.2, -0.15) is 0 Å². The summed E-state index contributed by atoms with van der Waals surface area (Å²) in [7, 11) is 0. The average molecular weight is 449 g/mol. The van der Waals surface area contributed by atoms with Gasteiger partial charge in [0.15, 0.2) is 0 Å². The van der Waals surface area contributed by atoms with Crippen molar-refractivity contribution in [3.63, 3.8) is 0 Å². The summed E-state index contributed by atoms with van der Waals surface area (Å²) in [6.45, 7) is 6.34. The Bertz CT molecular complexity index is 1060. The molecule has 1 aliphatic heterocycles. The molecule has 168 valence electrons. The highest BCUT2D eigenvalue weighted by Crippen LogP contribution is 2.29. The number of piperidine rings is 1. The summed E-state index contributed by atoms with van der Waals surface area (Å²) in [6.07, 6.45) is 4.35. The summed E-state index contributed by atoms with van der Waals surface area (Å²) in [6, 6.07) is 20.6. The van der Waals surface area contributed by atoms with Crippen LogP contribution in [0.1, 0.15) is 35.7 Å². The maximum atomic E-state index is 13.2. The number of carbonyl (C=O) groups excluding carboxylic acids is 1. The summed E-state index contributed by atoms with van der Waals surface area (Å²) in [5, 5.41) is 5.20. The number of likely N-dealkylation sites (tertiary alicyclic amines) is 1. The summed E-state index contributed by atoms with van der Waals surface area (Å²) >= 11 is 1.81. The van der Waals surface area contributed by atoms with Crippen LogP contribution in [0.2, 0.25) is 0 Å². The SMILES string of the molecule is CCOc1ccc2ccccc2c1C(=O)NCC1CCN(Cc2ccccc2SC)CC1. The van der Waals surface area contributed by atoms with E-state index in [1.807, 2.05) is 55.1 Å². The molecular weight excluding hydrogens is 416 g/mol. The molecule has 3 aromatic rings. The monoisotopic (exact) mass is 448 g/mol. The molecule has 1 saturated heterocycles. The lowest BCUT2D eigenvalue weighted by atomic mass is 9.96. The molecule has 0 aliphatic carbocycles. The predicted molar refractivity (Wildman–Crippen MR) is 134 cm³/mol. The van der Waals surface area contributed by atoms with Crippen LogP contribution in [0.4, 0.5) is 0 Å². The van der Waals surface area contributed by atoms with Gasteiger partial charge in [-0.25, -0.2) is 0 Å². The molecule has 0 unspecified atom stereocenters. The van der Waals surface area contributed by atoms with Gasteiger partial charge < -0.3 is 10.1 Å². The van der Waals surface area contributed by atoms with Gasteiger partial charge in [-0.1, -0.05) is 48.5 Å². The van der Waals surface area contributed by atoms with Gasteiger partial charge >= 0.3 is 0 Å². The molecule has 0 aromatic heterocycles. The summed E-state index contributed by atoms with van der Waals surface area (Å²) in [5.74, 6) is 1.13. The number of amides is 1. The Balaban J connectivity index is 1.35. The summed E-state index contributed by atoms with van der Waals surface area (Å²) in [5.41, 5.74) is 2.06. The van der Waals surface area contributed by atoms with Crippen LogP contribution >= 0.6 is 11.8 Å². The van der Waals surface area contributed by atoms with Crippen LogP contribution in [0.5, 0.6) is 5.75 Å². The Morgan fingerprint density at radius 3 is 2.59 bits per heavy atom. The molecule has 5 heteroatoms. The molecule has 0 bridgehead atoms. The summed E-state index contributed by atoms with van der Waals surface area (Å²) < 4.78 is 5.78. The quantitative estimate of drug-likeness (QED) is 0.455. The van der Waals surface area contributed by atoms with Gasteiger partial charge in [-0.3, -0.25) is 9.69 Å². The van der Waals surface area contributed by atoms with Gasteiger partial charge in [0.2, 0.25) is 0 Å². The van der Waals surface area contributed by atoms with E-state index in [4.69, 9.17) is 4.74 Å². The zero-order valence-electron chi connectivity index (χ0n) is 19.0. The van der Waals surface area contributed by atoms with E-state index in [9.17, 15) is 4.79 Å². The fourth-order valence-electron chi connectivity index (χ4n) is 4.51. The van der Waals surface area contributed by atoms with Crippen molar-refractivity contribution in [1.29, 1.82) is 0 Å². The first kappa shape index (κ1) is 22.7. The van der Waals surface area contributed by atoms with E-state index in [1.165, 1.54) is 10.5 Å². The first-order valence-electron chi connectivity index (χ1n) is 11.5. The van der Waals surface area contributed by atoms with E-state index in [1.54, 1.807) is 0 Å². The Morgan fingerprint density at radius 1 is 1.06 bits per heavy atom. The molecule has 1 N–H and O–H groups in total. The second kappa shape index (κ2) is 10.9. The Kier molecular flexibility index (Phi) is 7.72. The molecule has 32 heavy (non-hydrogen) atoms. The average Bonchev–Trinajstić information content (AvgIpc) is 2.84. The highest BCUT2D eigenvalue weighted by Gasteiger charge is 2.22. The fourth-order valence-corrected chi connectivity index (χ4v) is 5.12. The minimum atomic E-state index is -0.0402. The molecule has 1 aliphatic rings. The third-order valence-corrected chi connectivity index (χ3v) is 7.10. The minimum Gasteiger partial charge on any atom is -0.493 e. The first-order chi connectivity index (χ1) is 15.7. The first-order valence-corrected chi connectivity index (χ1v) is 12.7. The number of hydrogen-bond acceptors (Lipinski definition) is 4. The number of nitrogens with one attached hydrogen (secondary N) is 1. The molecule has 4 rings (SSSR count). The molecule has 0 spiro atoms. The Hall–Kier alpha value is -2.50. The lowest BCUT2D eigenvalue weighted by Crippen LogP contribution is -2.38. The van der Waals surface area contributed by atoms with E-state index in [0.717, 1.165) is 43.2 Å². The van der Waals surface area contributed by atoms with Crippen LogP contribution in [0.15, 0.2) is 65.6 Å². The number of benzene rings is 3. The van der Waals surface area contributed by atoms with Gasteiger partial charge in [0.05, 0.1) is 12.2 Å². The Morgan fingerprint density at radius 2 is 1.81 bits per heavy atom. The van der Waals surface area contributed by atoms with E-state index in [0.29, 0.717) is 30.4 Å². The van der Waals surface area contributed by atoms with Gasteiger partial charge in [0.1, 0.15) is 5.75 Å². The molecule has 0 saturated carbocycles. The van der Waals surface area contributed by atoms with Crippen LogP contribution in [-0.2, 0) is 6.54 Å². The normalized spacial score (nSPS) is 15.1. The van der Waals surface area contributed by atoms with Crippen LogP contribution in [0.3, 0.4) is 0 Å². The standard InChI is InChI=1S/C27H32N2O2S/c1-3-31-24-13-12-21-8-4-6-10-23(21)26(24)27(30)28-18-20-14-16-29(17-15-20)19-22-9-5-7-11-25(22)32-2/h4-13,20H,3,14-19H2,1-2H3,(H,28,30). The van der Waals surface area contributed by atoms with E-state index >= 15 is 0 Å². The number of hydrogen-bond donors (Lipinski definition) is 1. The number of thioether (sulfide) groups is 1. The van der Waals surface area contributed by atoms with E-state index in [2.05, 4.69) is 40.7 Å². The van der Waals surface area contributed by atoms with Crippen molar-refractivity contribution in [3.8, 4) is 5.75 Å². The van der Waals surface area contributed by atoms with Crippen molar-refractivity contribution < 1.29 is 9.53 Å². The lowest BCUT2D eigenvalue weighted by Gasteiger charge is -2.32. The molecule has 3 aromatic carbocycles. The number of ether oxygens (including phenoxy) is 1.